The molecule has 1 aliphatic heterocycles. The molecule has 28 heavy (non-hydrogen) atoms. The predicted molar refractivity (Wildman–Crippen MR) is 90.8 cm³/mol. The van der Waals surface area contributed by atoms with Crippen molar-refractivity contribution in [1.29, 1.82) is 0 Å². The molecule has 150 valence electrons. The zero-order valence-corrected chi connectivity index (χ0v) is 14.8. The van der Waals surface area contributed by atoms with Crippen molar-refractivity contribution < 1.29 is 36.7 Å². The minimum absolute atomic E-state index is 0.0557. The quantitative estimate of drug-likeness (QED) is 0.754. The van der Waals surface area contributed by atoms with Crippen LogP contribution in [0.3, 0.4) is 0 Å². The van der Waals surface area contributed by atoms with E-state index in [1.165, 1.54) is 36.3 Å². The highest BCUT2D eigenvalue weighted by Gasteiger charge is 2.34. The van der Waals surface area contributed by atoms with Crippen molar-refractivity contribution in [2.75, 3.05) is 18.6 Å². The third-order valence-corrected chi connectivity index (χ3v) is 4.14. The highest BCUT2D eigenvalue weighted by Crippen LogP contribution is 2.29. The number of furan rings is 1. The Morgan fingerprint density at radius 3 is 2.82 bits per heavy atom. The van der Waals surface area contributed by atoms with Crippen LogP contribution in [0.25, 0.3) is 0 Å². The first-order chi connectivity index (χ1) is 13.3. The van der Waals surface area contributed by atoms with Gasteiger partial charge in [-0.05, 0) is 30.7 Å². The van der Waals surface area contributed by atoms with Crippen molar-refractivity contribution in [3.8, 4) is 5.75 Å². The second-order valence-corrected chi connectivity index (χ2v) is 6.01. The molecule has 7 nitrogen and oxygen atoms in total. The van der Waals surface area contributed by atoms with Gasteiger partial charge in [-0.25, -0.2) is 4.79 Å². The Hall–Kier alpha value is -3.01. The van der Waals surface area contributed by atoms with E-state index in [1.54, 1.807) is 12.1 Å². The van der Waals surface area contributed by atoms with Crippen LogP contribution in [-0.2, 0) is 16.1 Å². The molecule has 0 spiro atoms. The fourth-order valence-electron chi connectivity index (χ4n) is 2.88. The predicted octanol–water partition coefficient (Wildman–Crippen LogP) is 2.86. The third kappa shape index (κ3) is 4.63. The number of methoxy groups -OCH3 is 1. The van der Waals surface area contributed by atoms with E-state index >= 15 is 0 Å². The molecule has 1 atom stereocenters. The Balaban J connectivity index is 1.61. The lowest BCUT2D eigenvalue weighted by Crippen LogP contribution is -2.37. The van der Waals surface area contributed by atoms with Crippen LogP contribution < -0.4 is 15.0 Å². The van der Waals surface area contributed by atoms with Crippen LogP contribution in [0.2, 0.25) is 0 Å². The zero-order chi connectivity index (χ0) is 20.3. The lowest BCUT2D eigenvalue weighted by Gasteiger charge is -2.18. The highest BCUT2D eigenvalue weighted by molar-refractivity contribution is 5.99. The van der Waals surface area contributed by atoms with E-state index < -0.39 is 18.4 Å². The molecule has 2 heterocycles. The largest absolute Gasteiger partial charge is 0.573 e. The monoisotopic (exact) mass is 398 g/mol. The zero-order valence-electron chi connectivity index (χ0n) is 14.8. The molecule has 10 heteroatoms. The molecule has 1 amide bonds. The molecule has 0 saturated carbocycles. The summed E-state index contributed by atoms with van der Waals surface area (Å²) in [5.74, 6) is -0.758. The van der Waals surface area contributed by atoms with Gasteiger partial charge in [0.1, 0.15) is 11.5 Å². The number of anilines is 1. The third-order valence-electron chi connectivity index (χ3n) is 4.14. The van der Waals surface area contributed by atoms with E-state index in [1.807, 2.05) is 0 Å². The molecule has 1 saturated heterocycles. The minimum Gasteiger partial charge on any atom is -0.463 e. The molecule has 2 aromatic rings. The Morgan fingerprint density at radius 2 is 2.11 bits per heavy atom. The summed E-state index contributed by atoms with van der Waals surface area (Å²) in [7, 11) is 1.24. The molecule has 1 N–H and O–H groups in total. The first-order valence-electron chi connectivity index (χ1n) is 8.34. The second kappa shape index (κ2) is 7.93. The SMILES string of the molecule is COC(=O)c1ccc(CNC2CCN(c3cccc(OC(F)(F)F)c3)C2=O)o1. The molecule has 1 aliphatic rings. The van der Waals surface area contributed by atoms with Gasteiger partial charge in [0, 0.05) is 18.3 Å². The molecular weight excluding hydrogens is 381 g/mol. The number of halogens is 3. The lowest BCUT2D eigenvalue weighted by molar-refractivity contribution is -0.274. The summed E-state index contributed by atoms with van der Waals surface area (Å²) in [6.45, 7) is 0.552. The first kappa shape index (κ1) is 19.7. The van der Waals surface area contributed by atoms with Crippen LogP contribution in [0.1, 0.15) is 22.7 Å². The Bertz CT molecular complexity index is 865. The van der Waals surface area contributed by atoms with Gasteiger partial charge in [-0.1, -0.05) is 6.07 Å². The van der Waals surface area contributed by atoms with Crippen molar-refractivity contribution in [2.24, 2.45) is 0 Å². The summed E-state index contributed by atoms with van der Waals surface area (Å²) in [6, 6.07) is 7.80. The Kier molecular flexibility index (Phi) is 5.59. The van der Waals surface area contributed by atoms with Crippen LogP contribution in [0.4, 0.5) is 18.9 Å². The molecule has 1 fully saturated rings. The normalized spacial score (nSPS) is 17.1. The summed E-state index contributed by atoms with van der Waals surface area (Å²) < 4.78 is 50.9. The van der Waals surface area contributed by atoms with Gasteiger partial charge >= 0.3 is 12.3 Å². The van der Waals surface area contributed by atoms with Crippen molar-refractivity contribution in [2.45, 2.75) is 25.4 Å². The number of nitrogens with one attached hydrogen (secondary N) is 1. The summed E-state index contributed by atoms with van der Waals surface area (Å²) in [5, 5.41) is 3.02. The smallest absolute Gasteiger partial charge is 0.463 e. The number of amides is 1. The molecule has 0 bridgehead atoms. The average Bonchev–Trinajstić information content (AvgIpc) is 3.25. The highest BCUT2D eigenvalue weighted by atomic mass is 19.4. The molecular formula is C18H17F3N2O5. The number of nitrogens with zero attached hydrogens (tertiary/aromatic N) is 1. The average molecular weight is 398 g/mol. The fourth-order valence-corrected chi connectivity index (χ4v) is 2.88. The summed E-state index contributed by atoms with van der Waals surface area (Å²) in [4.78, 5) is 25.3. The van der Waals surface area contributed by atoms with Gasteiger partial charge in [-0.3, -0.25) is 10.1 Å². The molecule has 0 radical (unpaired) electrons. The number of rotatable bonds is 6. The van der Waals surface area contributed by atoms with Gasteiger partial charge < -0.3 is 18.8 Å². The summed E-state index contributed by atoms with van der Waals surface area (Å²) in [5.41, 5.74) is 0.321. The lowest BCUT2D eigenvalue weighted by atomic mass is 10.2. The van der Waals surface area contributed by atoms with Crippen LogP contribution in [0, 0.1) is 0 Å². The van der Waals surface area contributed by atoms with E-state index in [4.69, 9.17) is 4.42 Å². The van der Waals surface area contributed by atoms with Crippen molar-refractivity contribution in [1.82, 2.24) is 5.32 Å². The van der Waals surface area contributed by atoms with E-state index in [0.717, 1.165) is 0 Å². The van der Waals surface area contributed by atoms with Gasteiger partial charge in [0.25, 0.3) is 0 Å². The van der Waals surface area contributed by atoms with E-state index in [-0.39, 0.29) is 24.0 Å². The van der Waals surface area contributed by atoms with Gasteiger partial charge in [-0.15, -0.1) is 13.2 Å². The number of benzene rings is 1. The second-order valence-electron chi connectivity index (χ2n) is 6.01. The van der Waals surface area contributed by atoms with Crippen LogP contribution in [0.15, 0.2) is 40.8 Å². The topological polar surface area (TPSA) is 81.0 Å². The molecule has 1 aromatic heterocycles. The number of hydrogen-bond acceptors (Lipinski definition) is 6. The first-order valence-corrected chi connectivity index (χ1v) is 8.34. The Morgan fingerprint density at radius 1 is 1.32 bits per heavy atom. The van der Waals surface area contributed by atoms with Gasteiger partial charge in [0.05, 0.1) is 19.7 Å². The van der Waals surface area contributed by atoms with Crippen LogP contribution >= 0.6 is 0 Å². The molecule has 3 rings (SSSR count). The standard InChI is InChI=1S/C18H17F3N2O5/c1-26-17(25)15-6-5-13(27-15)10-22-14-7-8-23(16(14)24)11-3-2-4-12(9-11)28-18(19,20)21/h2-6,9,14,22H,7-8,10H2,1H3. The van der Waals surface area contributed by atoms with E-state index in [0.29, 0.717) is 24.4 Å². The number of carbonyl (C=O) groups excluding carboxylic acids is 2. The van der Waals surface area contributed by atoms with Gasteiger partial charge in [-0.2, -0.15) is 0 Å². The maximum absolute atomic E-state index is 12.6. The van der Waals surface area contributed by atoms with Crippen molar-refractivity contribution in [3.63, 3.8) is 0 Å². The molecule has 1 unspecified atom stereocenters. The van der Waals surface area contributed by atoms with E-state index in [9.17, 15) is 22.8 Å². The fraction of sp³-hybridized carbons (Fsp3) is 0.333. The van der Waals surface area contributed by atoms with Crippen LogP contribution in [0.5, 0.6) is 5.75 Å². The van der Waals surface area contributed by atoms with Crippen molar-refractivity contribution in [3.05, 3.63) is 47.9 Å². The Labute approximate surface area is 158 Å². The number of ether oxygens (including phenoxy) is 2. The van der Waals surface area contributed by atoms with Crippen LogP contribution in [-0.4, -0.2) is 37.9 Å². The maximum Gasteiger partial charge on any atom is 0.573 e. The van der Waals surface area contributed by atoms with Gasteiger partial charge in [0.15, 0.2) is 0 Å². The number of alkyl halides is 3. The number of hydrogen-bond donors (Lipinski definition) is 1. The maximum atomic E-state index is 12.6. The van der Waals surface area contributed by atoms with E-state index in [2.05, 4.69) is 14.8 Å². The molecule has 0 aliphatic carbocycles. The number of esters is 1. The minimum atomic E-state index is -4.80. The summed E-state index contributed by atoms with van der Waals surface area (Å²) in [6.07, 6.45) is -4.34. The van der Waals surface area contributed by atoms with Crippen molar-refractivity contribution >= 4 is 17.6 Å². The van der Waals surface area contributed by atoms with Gasteiger partial charge in [0.2, 0.25) is 11.7 Å². The summed E-state index contributed by atoms with van der Waals surface area (Å²) >= 11 is 0. The molecule has 1 aromatic carbocycles. The number of carbonyl (C=O) groups is 2.